The Balaban J connectivity index is 2.04. The van der Waals surface area contributed by atoms with Gasteiger partial charge in [-0.05, 0) is 42.2 Å². The number of nitrogens with zero attached hydrogens (tertiary/aromatic N) is 2. The molecular weight excluding hydrogens is 314 g/mol. The zero-order chi connectivity index (χ0) is 13.8. The number of hydrogen-bond acceptors (Lipinski definition) is 5. The van der Waals surface area contributed by atoms with Crippen LogP contribution < -0.4 is 10.1 Å². The summed E-state index contributed by atoms with van der Waals surface area (Å²) in [6.45, 7) is 4.27. The highest BCUT2D eigenvalue weighted by atomic mass is 79.9. The van der Waals surface area contributed by atoms with E-state index in [-0.39, 0.29) is 5.69 Å². The SMILES string of the molecule is Cc1c([N+](=O)[O-])cnc(OCC2CCCNC2)c1Br. The molecular formula is C12H16BrN3O3. The molecule has 2 rings (SSSR count). The molecule has 1 fully saturated rings. The molecule has 1 aliphatic rings. The first-order chi connectivity index (χ1) is 9.09. The molecule has 1 aromatic rings. The van der Waals surface area contributed by atoms with Gasteiger partial charge in [0.15, 0.2) is 0 Å². The van der Waals surface area contributed by atoms with Crippen LogP contribution in [-0.2, 0) is 0 Å². The molecule has 19 heavy (non-hydrogen) atoms. The minimum absolute atomic E-state index is 0.00134. The monoisotopic (exact) mass is 329 g/mol. The number of halogens is 1. The van der Waals surface area contributed by atoms with Crippen LogP contribution >= 0.6 is 15.9 Å². The van der Waals surface area contributed by atoms with Gasteiger partial charge in [0.2, 0.25) is 5.88 Å². The van der Waals surface area contributed by atoms with E-state index in [4.69, 9.17) is 4.74 Å². The van der Waals surface area contributed by atoms with Crippen molar-refractivity contribution >= 4 is 21.6 Å². The van der Waals surface area contributed by atoms with Crippen molar-refractivity contribution in [1.29, 1.82) is 0 Å². The molecule has 0 bridgehead atoms. The van der Waals surface area contributed by atoms with Crippen LogP contribution in [-0.4, -0.2) is 29.6 Å². The van der Waals surface area contributed by atoms with Gasteiger partial charge in [-0.25, -0.2) is 4.98 Å². The van der Waals surface area contributed by atoms with Crippen molar-refractivity contribution in [2.24, 2.45) is 5.92 Å². The lowest BCUT2D eigenvalue weighted by Gasteiger charge is -2.22. The second kappa shape index (κ2) is 6.29. The van der Waals surface area contributed by atoms with Crippen molar-refractivity contribution in [2.75, 3.05) is 19.7 Å². The highest BCUT2D eigenvalue weighted by molar-refractivity contribution is 9.10. The topological polar surface area (TPSA) is 77.3 Å². The molecule has 0 amide bonds. The molecule has 1 unspecified atom stereocenters. The molecule has 2 heterocycles. The number of rotatable bonds is 4. The summed E-state index contributed by atoms with van der Waals surface area (Å²) in [7, 11) is 0. The highest BCUT2D eigenvalue weighted by Gasteiger charge is 2.19. The van der Waals surface area contributed by atoms with E-state index in [1.165, 1.54) is 6.20 Å². The summed E-state index contributed by atoms with van der Waals surface area (Å²) in [4.78, 5) is 14.4. The summed E-state index contributed by atoms with van der Waals surface area (Å²) in [6.07, 6.45) is 3.53. The van der Waals surface area contributed by atoms with Gasteiger partial charge in [-0.15, -0.1) is 0 Å². The van der Waals surface area contributed by atoms with E-state index >= 15 is 0 Å². The van der Waals surface area contributed by atoms with Gasteiger partial charge in [0.1, 0.15) is 6.20 Å². The normalized spacial score (nSPS) is 19.2. The molecule has 1 aromatic heterocycles. The van der Waals surface area contributed by atoms with Crippen LogP contribution in [0.3, 0.4) is 0 Å². The van der Waals surface area contributed by atoms with Gasteiger partial charge in [-0.1, -0.05) is 0 Å². The summed E-state index contributed by atoms with van der Waals surface area (Å²) >= 11 is 3.32. The zero-order valence-electron chi connectivity index (χ0n) is 10.7. The van der Waals surface area contributed by atoms with E-state index in [2.05, 4.69) is 26.2 Å². The minimum atomic E-state index is -0.443. The summed E-state index contributed by atoms with van der Waals surface area (Å²) in [5.74, 6) is 0.895. The Hall–Kier alpha value is -1.21. The molecule has 0 radical (unpaired) electrons. The van der Waals surface area contributed by atoms with Crippen molar-refractivity contribution in [3.05, 3.63) is 26.3 Å². The van der Waals surface area contributed by atoms with Crippen LogP contribution in [0.2, 0.25) is 0 Å². The Morgan fingerprint density at radius 2 is 2.47 bits per heavy atom. The largest absolute Gasteiger partial charge is 0.477 e. The molecule has 0 aliphatic carbocycles. The first-order valence-electron chi connectivity index (χ1n) is 6.22. The summed E-state index contributed by atoms with van der Waals surface area (Å²) in [6, 6.07) is 0. The molecule has 104 valence electrons. The fourth-order valence-electron chi connectivity index (χ4n) is 2.09. The summed E-state index contributed by atoms with van der Waals surface area (Å²) < 4.78 is 6.23. The Morgan fingerprint density at radius 3 is 3.11 bits per heavy atom. The molecule has 1 saturated heterocycles. The van der Waals surface area contributed by atoms with E-state index in [1.807, 2.05) is 0 Å². The molecule has 6 nitrogen and oxygen atoms in total. The van der Waals surface area contributed by atoms with Crippen molar-refractivity contribution in [3.8, 4) is 5.88 Å². The Labute approximate surface area is 119 Å². The second-order valence-corrected chi connectivity index (χ2v) is 5.46. The third-order valence-corrected chi connectivity index (χ3v) is 4.19. The van der Waals surface area contributed by atoms with Crippen molar-refractivity contribution in [2.45, 2.75) is 19.8 Å². The van der Waals surface area contributed by atoms with Crippen molar-refractivity contribution in [3.63, 3.8) is 0 Å². The van der Waals surface area contributed by atoms with Gasteiger partial charge >= 0.3 is 0 Å². The van der Waals surface area contributed by atoms with Gasteiger partial charge < -0.3 is 10.1 Å². The lowest BCUT2D eigenvalue weighted by Crippen LogP contribution is -2.33. The maximum absolute atomic E-state index is 10.8. The number of nitro groups is 1. The van der Waals surface area contributed by atoms with Crippen LogP contribution in [0.25, 0.3) is 0 Å². The van der Waals surface area contributed by atoms with Crippen molar-refractivity contribution < 1.29 is 9.66 Å². The maximum atomic E-state index is 10.8. The molecule has 1 atom stereocenters. The summed E-state index contributed by atoms with van der Waals surface area (Å²) in [5.41, 5.74) is 0.537. The van der Waals surface area contributed by atoms with E-state index in [1.54, 1.807) is 6.92 Å². The zero-order valence-corrected chi connectivity index (χ0v) is 12.3. The van der Waals surface area contributed by atoms with Crippen LogP contribution in [0.5, 0.6) is 5.88 Å². The first-order valence-corrected chi connectivity index (χ1v) is 7.02. The van der Waals surface area contributed by atoms with Crippen LogP contribution in [0.4, 0.5) is 5.69 Å². The van der Waals surface area contributed by atoms with E-state index < -0.39 is 4.92 Å². The number of hydrogen-bond donors (Lipinski definition) is 1. The van der Waals surface area contributed by atoms with Gasteiger partial charge in [-0.3, -0.25) is 10.1 Å². The lowest BCUT2D eigenvalue weighted by atomic mass is 10.0. The Bertz CT molecular complexity index is 476. The standard InChI is InChI=1S/C12H16BrN3O3/c1-8-10(16(17)18)6-15-12(11(8)13)19-7-9-3-2-4-14-5-9/h6,9,14H,2-5,7H2,1H3. The smallest absolute Gasteiger partial charge is 0.291 e. The predicted molar refractivity (Wildman–Crippen MR) is 74.4 cm³/mol. The fraction of sp³-hybridized carbons (Fsp3) is 0.583. The van der Waals surface area contributed by atoms with E-state index in [0.29, 0.717) is 28.4 Å². The summed E-state index contributed by atoms with van der Waals surface area (Å²) in [5, 5.41) is 14.1. The quantitative estimate of drug-likeness (QED) is 0.678. The Kier molecular flexibility index (Phi) is 4.71. The highest BCUT2D eigenvalue weighted by Crippen LogP contribution is 2.32. The lowest BCUT2D eigenvalue weighted by molar-refractivity contribution is -0.385. The molecule has 0 saturated carbocycles. The van der Waals surface area contributed by atoms with E-state index in [0.717, 1.165) is 25.9 Å². The van der Waals surface area contributed by atoms with Gasteiger partial charge in [0.25, 0.3) is 5.69 Å². The van der Waals surface area contributed by atoms with Crippen LogP contribution in [0.15, 0.2) is 10.7 Å². The maximum Gasteiger partial charge on any atom is 0.291 e. The van der Waals surface area contributed by atoms with Gasteiger partial charge in [0, 0.05) is 18.0 Å². The first kappa shape index (κ1) is 14.2. The molecule has 7 heteroatoms. The van der Waals surface area contributed by atoms with E-state index in [9.17, 15) is 10.1 Å². The minimum Gasteiger partial charge on any atom is -0.477 e. The third kappa shape index (κ3) is 3.42. The Morgan fingerprint density at radius 1 is 1.68 bits per heavy atom. The second-order valence-electron chi connectivity index (χ2n) is 4.67. The third-order valence-electron chi connectivity index (χ3n) is 3.26. The molecule has 1 aliphatic heterocycles. The predicted octanol–water partition coefficient (Wildman–Crippen LogP) is 2.44. The molecule has 1 N–H and O–H groups in total. The molecule has 0 aromatic carbocycles. The average molecular weight is 330 g/mol. The molecule has 0 spiro atoms. The van der Waals surface area contributed by atoms with Crippen LogP contribution in [0, 0.1) is 23.0 Å². The van der Waals surface area contributed by atoms with Crippen LogP contribution in [0.1, 0.15) is 18.4 Å². The fourth-order valence-corrected chi connectivity index (χ4v) is 2.51. The number of ether oxygens (including phenoxy) is 1. The number of piperidine rings is 1. The van der Waals surface area contributed by atoms with Gasteiger partial charge in [0.05, 0.1) is 16.0 Å². The van der Waals surface area contributed by atoms with Gasteiger partial charge in [-0.2, -0.15) is 0 Å². The number of aromatic nitrogens is 1. The average Bonchev–Trinajstić information content (AvgIpc) is 2.41. The number of nitrogens with one attached hydrogen (secondary N) is 1. The van der Waals surface area contributed by atoms with Crippen molar-refractivity contribution in [1.82, 2.24) is 10.3 Å². The number of pyridine rings is 1.